The van der Waals surface area contributed by atoms with E-state index in [1.54, 1.807) is 31.2 Å². The maximum atomic E-state index is 11.2. The molecule has 0 aliphatic carbocycles. The van der Waals surface area contributed by atoms with E-state index in [1.807, 2.05) is 0 Å². The Morgan fingerprint density at radius 2 is 2.10 bits per heavy atom. The number of para-hydroxylation sites is 1. The third kappa shape index (κ3) is 3.14. The van der Waals surface area contributed by atoms with E-state index in [0.717, 1.165) is 0 Å². The van der Waals surface area contributed by atoms with Crippen molar-refractivity contribution in [2.75, 3.05) is 5.32 Å². The number of carboxylic acid groups (broad SMARTS) is 1. The maximum Gasteiger partial charge on any atom is 0.339 e. The number of rotatable bonds is 5. The van der Waals surface area contributed by atoms with Crippen molar-refractivity contribution in [3.05, 3.63) is 63.3 Å². The molecule has 0 saturated carbocycles. The van der Waals surface area contributed by atoms with Gasteiger partial charge in [-0.05, 0) is 18.6 Å². The summed E-state index contributed by atoms with van der Waals surface area (Å²) in [5.74, 6) is -0.897. The highest BCUT2D eigenvalue weighted by Crippen LogP contribution is 2.21. The number of hydrogen-bond donors (Lipinski definition) is 2. The van der Waals surface area contributed by atoms with Crippen LogP contribution in [0.5, 0.6) is 0 Å². The van der Waals surface area contributed by atoms with Gasteiger partial charge in [-0.1, -0.05) is 18.2 Å². The summed E-state index contributed by atoms with van der Waals surface area (Å²) in [5.41, 5.74) is 1.08. The van der Waals surface area contributed by atoms with Gasteiger partial charge in [0.25, 0.3) is 5.69 Å². The third-order valence-electron chi connectivity index (χ3n) is 3.01. The number of pyridine rings is 1. The van der Waals surface area contributed by atoms with Crippen molar-refractivity contribution in [2.45, 2.75) is 13.5 Å². The first-order valence-corrected chi connectivity index (χ1v) is 6.15. The van der Waals surface area contributed by atoms with Gasteiger partial charge < -0.3 is 10.4 Å². The van der Waals surface area contributed by atoms with E-state index >= 15 is 0 Å². The van der Waals surface area contributed by atoms with Crippen LogP contribution in [-0.4, -0.2) is 21.0 Å². The molecular formula is C14H13N3O4. The number of nitro groups is 1. The number of aryl methyl sites for hydroxylation is 1. The Bertz CT molecular complexity index is 700. The summed E-state index contributed by atoms with van der Waals surface area (Å²) < 4.78 is 0. The highest BCUT2D eigenvalue weighted by Gasteiger charge is 2.16. The largest absolute Gasteiger partial charge is 0.478 e. The van der Waals surface area contributed by atoms with Gasteiger partial charge in [-0.15, -0.1) is 0 Å². The smallest absolute Gasteiger partial charge is 0.339 e. The van der Waals surface area contributed by atoms with E-state index in [9.17, 15) is 20.0 Å². The van der Waals surface area contributed by atoms with E-state index in [2.05, 4.69) is 10.3 Å². The first-order chi connectivity index (χ1) is 10.0. The summed E-state index contributed by atoms with van der Waals surface area (Å²) in [6.45, 7) is 1.79. The Morgan fingerprint density at radius 1 is 1.38 bits per heavy atom. The van der Waals surface area contributed by atoms with E-state index in [-0.39, 0.29) is 23.6 Å². The first kappa shape index (κ1) is 14.4. The van der Waals surface area contributed by atoms with Crippen LogP contribution in [0.15, 0.2) is 36.5 Å². The minimum absolute atomic E-state index is 0.0190. The number of carboxylic acids is 1. The van der Waals surface area contributed by atoms with E-state index in [1.165, 1.54) is 12.3 Å². The second-order valence-corrected chi connectivity index (χ2v) is 4.40. The molecule has 21 heavy (non-hydrogen) atoms. The van der Waals surface area contributed by atoms with Crippen molar-refractivity contribution in [1.82, 2.24) is 4.98 Å². The number of nitrogens with one attached hydrogen (secondary N) is 1. The molecule has 0 spiro atoms. The first-order valence-electron chi connectivity index (χ1n) is 6.15. The van der Waals surface area contributed by atoms with Crippen molar-refractivity contribution in [2.24, 2.45) is 0 Å². The summed E-state index contributed by atoms with van der Waals surface area (Å²) in [5, 5.41) is 23.0. The zero-order valence-corrected chi connectivity index (χ0v) is 11.2. The molecule has 0 amide bonds. The van der Waals surface area contributed by atoms with Crippen LogP contribution < -0.4 is 5.32 Å². The van der Waals surface area contributed by atoms with Gasteiger partial charge >= 0.3 is 5.97 Å². The normalized spacial score (nSPS) is 10.1. The van der Waals surface area contributed by atoms with Crippen LogP contribution >= 0.6 is 0 Å². The summed E-state index contributed by atoms with van der Waals surface area (Å²) >= 11 is 0. The molecule has 1 heterocycles. The molecule has 0 radical (unpaired) electrons. The maximum absolute atomic E-state index is 11.2. The number of benzene rings is 1. The molecule has 0 bridgehead atoms. The van der Waals surface area contributed by atoms with Gasteiger partial charge in [0.15, 0.2) is 0 Å². The summed E-state index contributed by atoms with van der Waals surface area (Å²) in [6.07, 6.45) is 1.49. The minimum Gasteiger partial charge on any atom is -0.478 e. The predicted octanol–water partition coefficient (Wildman–Crippen LogP) is 2.61. The van der Waals surface area contributed by atoms with Gasteiger partial charge in [0.1, 0.15) is 11.4 Å². The zero-order valence-electron chi connectivity index (χ0n) is 11.2. The highest BCUT2D eigenvalue weighted by molar-refractivity contribution is 5.94. The van der Waals surface area contributed by atoms with Crippen molar-refractivity contribution >= 4 is 17.5 Å². The molecule has 7 heteroatoms. The topological polar surface area (TPSA) is 105 Å². The number of hydrogen-bond acceptors (Lipinski definition) is 5. The molecular weight excluding hydrogens is 274 g/mol. The molecule has 0 saturated heterocycles. The molecule has 0 aliphatic heterocycles. The Kier molecular flexibility index (Phi) is 4.13. The number of anilines is 1. The molecule has 2 aromatic rings. The fraction of sp³-hybridized carbons (Fsp3) is 0.143. The van der Waals surface area contributed by atoms with E-state index < -0.39 is 10.9 Å². The van der Waals surface area contributed by atoms with Crippen LogP contribution in [0, 0.1) is 17.0 Å². The average Bonchev–Trinajstić information content (AvgIpc) is 2.44. The van der Waals surface area contributed by atoms with Gasteiger partial charge in [0.2, 0.25) is 0 Å². The zero-order chi connectivity index (χ0) is 15.4. The minimum atomic E-state index is -1.09. The molecule has 7 nitrogen and oxygen atoms in total. The molecule has 1 aromatic heterocycles. The van der Waals surface area contributed by atoms with Crippen LogP contribution in [0.1, 0.15) is 21.5 Å². The van der Waals surface area contributed by atoms with Gasteiger partial charge in [0, 0.05) is 24.4 Å². The van der Waals surface area contributed by atoms with Crippen LogP contribution in [0.25, 0.3) is 0 Å². The van der Waals surface area contributed by atoms with Gasteiger partial charge in [-0.3, -0.25) is 10.1 Å². The Hall–Kier alpha value is -2.96. The van der Waals surface area contributed by atoms with Crippen molar-refractivity contribution in [3.8, 4) is 0 Å². The number of carbonyl (C=O) groups is 1. The van der Waals surface area contributed by atoms with Crippen molar-refractivity contribution in [3.63, 3.8) is 0 Å². The Labute approximate surface area is 120 Å². The van der Waals surface area contributed by atoms with Gasteiger partial charge in [-0.25, -0.2) is 9.78 Å². The molecule has 0 fully saturated rings. The lowest BCUT2D eigenvalue weighted by molar-refractivity contribution is -0.385. The van der Waals surface area contributed by atoms with Crippen LogP contribution in [-0.2, 0) is 6.54 Å². The summed E-state index contributed by atoms with van der Waals surface area (Å²) in [6, 6.07) is 7.88. The third-order valence-corrected chi connectivity index (χ3v) is 3.01. The Morgan fingerprint density at radius 3 is 2.76 bits per heavy atom. The molecule has 2 rings (SSSR count). The number of aromatic carboxylic acids is 1. The summed E-state index contributed by atoms with van der Waals surface area (Å²) in [7, 11) is 0. The molecule has 108 valence electrons. The molecule has 0 aliphatic rings. The van der Waals surface area contributed by atoms with Gasteiger partial charge in [-0.2, -0.15) is 0 Å². The predicted molar refractivity (Wildman–Crippen MR) is 76.4 cm³/mol. The van der Waals surface area contributed by atoms with Gasteiger partial charge in [0.05, 0.1) is 4.92 Å². The van der Waals surface area contributed by atoms with Crippen LogP contribution in [0.2, 0.25) is 0 Å². The SMILES string of the molecule is Cc1ccnc(NCc2ccccc2[N+](=O)[O-])c1C(=O)O. The van der Waals surface area contributed by atoms with Crippen molar-refractivity contribution < 1.29 is 14.8 Å². The number of aromatic nitrogens is 1. The van der Waals surface area contributed by atoms with Crippen LogP contribution in [0.3, 0.4) is 0 Å². The van der Waals surface area contributed by atoms with Crippen molar-refractivity contribution in [1.29, 1.82) is 0 Å². The molecule has 2 N–H and O–H groups in total. The standard InChI is InChI=1S/C14H13N3O4/c1-9-6-7-15-13(12(9)14(18)19)16-8-10-4-2-3-5-11(10)17(20)21/h2-7H,8H2,1H3,(H,15,16)(H,18,19). The highest BCUT2D eigenvalue weighted by atomic mass is 16.6. The lowest BCUT2D eigenvalue weighted by Crippen LogP contribution is -2.10. The molecule has 0 unspecified atom stereocenters. The average molecular weight is 287 g/mol. The second kappa shape index (κ2) is 6.00. The lowest BCUT2D eigenvalue weighted by atomic mass is 10.1. The van der Waals surface area contributed by atoms with E-state index in [0.29, 0.717) is 11.1 Å². The number of nitro benzene ring substituents is 1. The fourth-order valence-electron chi connectivity index (χ4n) is 1.98. The number of nitrogens with zero attached hydrogens (tertiary/aromatic N) is 2. The monoisotopic (exact) mass is 287 g/mol. The second-order valence-electron chi connectivity index (χ2n) is 4.40. The Balaban J connectivity index is 2.28. The molecule has 1 aromatic carbocycles. The van der Waals surface area contributed by atoms with Crippen LogP contribution in [0.4, 0.5) is 11.5 Å². The quantitative estimate of drug-likeness (QED) is 0.646. The lowest BCUT2D eigenvalue weighted by Gasteiger charge is -2.10. The molecule has 0 atom stereocenters. The fourth-order valence-corrected chi connectivity index (χ4v) is 1.98. The van der Waals surface area contributed by atoms with E-state index in [4.69, 9.17) is 0 Å². The summed E-state index contributed by atoms with van der Waals surface area (Å²) in [4.78, 5) is 25.7.